The van der Waals surface area contributed by atoms with E-state index in [1.165, 1.54) is 38.5 Å². The van der Waals surface area contributed by atoms with Gasteiger partial charge in [0.05, 0.1) is 0 Å². The molecule has 2 saturated carbocycles. The van der Waals surface area contributed by atoms with Gasteiger partial charge in [0.2, 0.25) is 0 Å². The third kappa shape index (κ3) is 10.1. The maximum Gasteiger partial charge on any atom is 4.00 e. The van der Waals surface area contributed by atoms with Crippen molar-refractivity contribution in [1.82, 2.24) is 0 Å². The third-order valence-corrected chi connectivity index (χ3v) is 6.42. The Balaban J connectivity index is 0. The fourth-order valence-electron chi connectivity index (χ4n) is 3.33. The van der Waals surface area contributed by atoms with E-state index < -0.39 is 0 Å². The van der Waals surface area contributed by atoms with E-state index >= 15 is 0 Å². The van der Waals surface area contributed by atoms with Crippen LogP contribution in [0.2, 0.25) is 12.1 Å². The van der Waals surface area contributed by atoms with Gasteiger partial charge in [0.25, 0.3) is 0 Å². The molecular weight excluding hydrogens is 542 g/mol. The number of fused-ring (bicyclic) bond motifs is 2. The summed E-state index contributed by atoms with van der Waals surface area (Å²) in [6.45, 7) is 6.80. The molecule has 2 atom stereocenters. The molecule has 0 aromatic carbocycles. The molecule has 2 fully saturated rings. The number of hydrogen-bond donors (Lipinski definition) is 0. The minimum atomic E-state index is 0. The van der Waals surface area contributed by atoms with Gasteiger partial charge in [0.15, 0.2) is 0 Å². The first kappa shape index (κ1) is 28.6. The average molecular weight is 575 g/mol. The summed E-state index contributed by atoms with van der Waals surface area (Å²) in [5.74, 6) is 1.77. The molecule has 4 rings (SSSR count). The van der Waals surface area contributed by atoms with E-state index in [-0.39, 0.29) is 50.7 Å². The van der Waals surface area contributed by atoms with Gasteiger partial charge in [-0.05, 0) is 24.7 Å². The monoisotopic (exact) mass is 575 g/mol. The molecule has 0 nitrogen and oxygen atoms in total. The van der Waals surface area contributed by atoms with Crippen LogP contribution < -0.4 is 24.8 Å². The molecule has 0 amide bonds. The van der Waals surface area contributed by atoms with Gasteiger partial charge >= 0.3 is 25.8 Å². The molecule has 2 unspecified atom stereocenters. The van der Waals surface area contributed by atoms with E-state index in [0.717, 1.165) is 26.9 Å². The van der Waals surface area contributed by atoms with Crippen molar-refractivity contribution in [3.8, 4) is 0 Å². The van der Waals surface area contributed by atoms with Crippen molar-refractivity contribution in [2.75, 3.05) is 0 Å². The summed E-state index contributed by atoms with van der Waals surface area (Å²) in [4.78, 5) is 0. The van der Waals surface area contributed by atoms with Crippen molar-refractivity contribution in [3.63, 3.8) is 0 Å². The molecule has 0 bridgehead atoms. The Morgan fingerprint density at radius 2 is 1.27 bits per heavy atom. The Morgan fingerprint density at radius 3 is 1.58 bits per heavy atom. The minimum Gasteiger partial charge on any atom is -1.00 e. The first-order valence-corrected chi connectivity index (χ1v) is 11.2. The van der Waals surface area contributed by atoms with Crippen molar-refractivity contribution < 1.29 is 50.7 Å². The normalized spacial score (nSPS) is 23.4. The van der Waals surface area contributed by atoms with E-state index in [4.69, 9.17) is 0 Å². The van der Waals surface area contributed by atoms with Gasteiger partial charge in [-0.2, -0.15) is 0 Å². The Hall–Kier alpha value is 0.367. The first-order valence-electron chi connectivity index (χ1n) is 9.40. The second-order valence-electron chi connectivity index (χ2n) is 7.20. The van der Waals surface area contributed by atoms with Crippen LogP contribution in [-0.2, 0) is 25.8 Å². The van der Waals surface area contributed by atoms with Gasteiger partial charge in [-0.15, -0.1) is 37.1 Å². The zero-order chi connectivity index (χ0) is 16.5. The minimum absolute atomic E-state index is 0. The molecule has 0 aromatic heterocycles. The summed E-state index contributed by atoms with van der Waals surface area (Å²) < 4.78 is 0. The molecule has 4 aliphatic carbocycles. The topological polar surface area (TPSA) is 0 Å². The number of hydrogen-bond acceptors (Lipinski definition) is 0. The second kappa shape index (κ2) is 16.3. The summed E-state index contributed by atoms with van der Waals surface area (Å²) in [6.07, 6.45) is 26.1. The van der Waals surface area contributed by atoms with Crippen LogP contribution >= 0.6 is 0 Å². The van der Waals surface area contributed by atoms with E-state index in [1.54, 1.807) is 11.1 Å². The van der Waals surface area contributed by atoms with Crippen LogP contribution in [0.5, 0.6) is 0 Å². The summed E-state index contributed by atoms with van der Waals surface area (Å²) in [6, 6.07) is 0. The van der Waals surface area contributed by atoms with E-state index in [9.17, 15) is 0 Å². The molecular formula is C22H33Cl2HfSi. The van der Waals surface area contributed by atoms with Crippen LogP contribution in [0, 0.1) is 24.7 Å². The van der Waals surface area contributed by atoms with Crippen molar-refractivity contribution in [1.29, 1.82) is 0 Å². The zero-order valence-electron chi connectivity index (χ0n) is 16.4. The predicted octanol–water partition coefficient (Wildman–Crippen LogP) is 0.279. The van der Waals surface area contributed by atoms with Gasteiger partial charge in [-0.3, -0.25) is 0 Å². The van der Waals surface area contributed by atoms with E-state index in [0.29, 0.717) is 0 Å². The van der Waals surface area contributed by atoms with Gasteiger partial charge in [-0.25, -0.2) is 36.1 Å². The van der Waals surface area contributed by atoms with Gasteiger partial charge in [0.1, 0.15) is 0 Å². The molecule has 26 heavy (non-hydrogen) atoms. The average Bonchev–Trinajstić information content (AvgIpc) is 3.24. The molecule has 0 heterocycles. The fourth-order valence-corrected chi connectivity index (χ4v) is 3.33. The molecule has 0 N–H and O–H groups in total. The molecule has 4 aliphatic rings. The molecule has 0 aliphatic heterocycles. The molecule has 1 radical (unpaired) electrons. The van der Waals surface area contributed by atoms with Crippen LogP contribution in [0.1, 0.15) is 52.4 Å². The number of halogens is 2. The van der Waals surface area contributed by atoms with Crippen molar-refractivity contribution in [2.45, 2.75) is 64.5 Å². The largest absolute Gasteiger partial charge is 4.00 e. The molecule has 0 aromatic rings. The van der Waals surface area contributed by atoms with Crippen molar-refractivity contribution in [2.24, 2.45) is 11.8 Å². The molecule has 4 heteroatoms. The Kier molecular flexibility index (Phi) is 18.0. The molecule has 0 saturated heterocycles. The third-order valence-electron chi connectivity index (χ3n) is 5.09. The summed E-state index contributed by atoms with van der Waals surface area (Å²) >= 11 is 0. The fraction of sp³-hybridized carbons (Fsp3) is 0.545. The van der Waals surface area contributed by atoms with Crippen LogP contribution in [-0.4, -0.2) is 9.52 Å². The standard InChI is InChI=1S/2C9H11.C4H11Si.2ClH.Hf/c2*1-2-5-9-7-3-6-8(9)4-1;1-4(2)5-3;;;/h2*1-2,4,6,9H,3,5,7H2;4-5H,1-3H3;2*1H;/q2*-1;;;;+4/p-2. The zero-order valence-corrected chi connectivity index (χ0v) is 22.7. The van der Waals surface area contributed by atoms with Gasteiger partial charge in [0, 0.05) is 9.52 Å². The van der Waals surface area contributed by atoms with Crippen LogP contribution in [0.15, 0.2) is 47.6 Å². The smallest absolute Gasteiger partial charge is 1.00 e. The quantitative estimate of drug-likeness (QED) is 0.312. The van der Waals surface area contributed by atoms with Crippen molar-refractivity contribution in [3.05, 3.63) is 60.4 Å². The summed E-state index contributed by atoms with van der Waals surface area (Å²) in [5, 5.41) is 0. The van der Waals surface area contributed by atoms with Gasteiger partial charge in [-0.1, -0.05) is 38.8 Å². The molecule has 143 valence electrons. The van der Waals surface area contributed by atoms with Crippen molar-refractivity contribution >= 4 is 9.52 Å². The maximum absolute atomic E-state index is 2.37. The van der Waals surface area contributed by atoms with E-state index in [2.05, 4.69) is 69.7 Å². The van der Waals surface area contributed by atoms with Crippen LogP contribution in [0.4, 0.5) is 0 Å². The first-order chi connectivity index (χ1) is 11.2. The molecule has 0 spiro atoms. The SMILES string of the molecule is C1=CCC2CC[CH-]C2=C1.C1=CCC2CC[CH-]C2=C1.C[SiH]C(C)C.[Cl-].[Cl-].[Hf+4]. The Bertz CT molecular complexity index is 441. The van der Waals surface area contributed by atoms with Crippen LogP contribution in [0.3, 0.4) is 0 Å². The number of rotatable bonds is 1. The Morgan fingerprint density at radius 1 is 0.885 bits per heavy atom. The predicted molar refractivity (Wildman–Crippen MR) is 106 cm³/mol. The van der Waals surface area contributed by atoms with E-state index in [1.807, 2.05) is 0 Å². The Labute approximate surface area is 195 Å². The summed E-state index contributed by atoms with van der Waals surface area (Å²) in [7, 11) is 0.731. The van der Waals surface area contributed by atoms with Gasteiger partial charge < -0.3 is 24.8 Å². The number of allylic oxidation sites excluding steroid dienone is 8. The summed E-state index contributed by atoms with van der Waals surface area (Å²) in [5.41, 5.74) is 4.13. The van der Waals surface area contributed by atoms with Crippen LogP contribution in [0.25, 0.3) is 0 Å². The maximum atomic E-state index is 2.37. The second-order valence-corrected chi connectivity index (χ2v) is 9.20.